The second kappa shape index (κ2) is 6.65. The first-order valence-corrected chi connectivity index (χ1v) is 6.60. The molecule has 0 aliphatic carbocycles. The highest BCUT2D eigenvalue weighted by molar-refractivity contribution is 5.93. The SMILES string of the molecule is Cc1ccccc1CCC(=O)Nc1ccnc(C(=O)O)c1. The molecule has 5 nitrogen and oxygen atoms in total. The van der Waals surface area contributed by atoms with E-state index < -0.39 is 5.97 Å². The van der Waals surface area contributed by atoms with Crippen LogP contribution in [0.5, 0.6) is 0 Å². The van der Waals surface area contributed by atoms with Crippen LogP contribution in [0.2, 0.25) is 0 Å². The quantitative estimate of drug-likeness (QED) is 0.884. The van der Waals surface area contributed by atoms with E-state index in [1.807, 2.05) is 31.2 Å². The van der Waals surface area contributed by atoms with E-state index in [4.69, 9.17) is 5.11 Å². The van der Waals surface area contributed by atoms with Gasteiger partial charge in [-0.05, 0) is 36.6 Å². The summed E-state index contributed by atoms with van der Waals surface area (Å²) in [6.45, 7) is 2.01. The van der Waals surface area contributed by atoms with Gasteiger partial charge in [-0.2, -0.15) is 0 Å². The van der Waals surface area contributed by atoms with Crippen molar-refractivity contribution in [3.8, 4) is 0 Å². The molecule has 0 aliphatic heterocycles. The van der Waals surface area contributed by atoms with Crippen LogP contribution >= 0.6 is 0 Å². The molecule has 1 amide bonds. The van der Waals surface area contributed by atoms with Crippen LogP contribution in [0, 0.1) is 6.92 Å². The van der Waals surface area contributed by atoms with E-state index in [1.165, 1.54) is 12.3 Å². The summed E-state index contributed by atoms with van der Waals surface area (Å²) >= 11 is 0. The highest BCUT2D eigenvalue weighted by Crippen LogP contribution is 2.12. The number of nitrogens with zero attached hydrogens (tertiary/aromatic N) is 1. The standard InChI is InChI=1S/C16H16N2O3/c1-11-4-2-3-5-12(11)6-7-15(19)18-13-8-9-17-14(10-13)16(20)21/h2-5,8-10H,6-7H2,1H3,(H,20,21)(H,17,18,19). The Labute approximate surface area is 122 Å². The van der Waals surface area contributed by atoms with Crippen molar-refractivity contribution in [1.29, 1.82) is 0 Å². The van der Waals surface area contributed by atoms with Crippen molar-refractivity contribution in [3.63, 3.8) is 0 Å². The summed E-state index contributed by atoms with van der Waals surface area (Å²) in [5.74, 6) is -1.27. The number of anilines is 1. The Morgan fingerprint density at radius 3 is 2.71 bits per heavy atom. The summed E-state index contributed by atoms with van der Waals surface area (Å²) in [4.78, 5) is 26.4. The number of aryl methyl sites for hydroxylation is 2. The fourth-order valence-corrected chi connectivity index (χ4v) is 1.99. The van der Waals surface area contributed by atoms with Gasteiger partial charge in [-0.3, -0.25) is 4.79 Å². The second-order valence-electron chi connectivity index (χ2n) is 4.71. The number of aromatic carboxylic acids is 1. The van der Waals surface area contributed by atoms with Crippen LogP contribution in [0.25, 0.3) is 0 Å². The van der Waals surface area contributed by atoms with Crippen LogP contribution < -0.4 is 5.32 Å². The summed E-state index contributed by atoms with van der Waals surface area (Å²) in [5.41, 5.74) is 2.64. The molecule has 1 aromatic carbocycles. The van der Waals surface area contributed by atoms with Crippen LogP contribution in [-0.2, 0) is 11.2 Å². The van der Waals surface area contributed by atoms with Gasteiger partial charge in [-0.1, -0.05) is 24.3 Å². The van der Waals surface area contributed by atoms with Gasteiger partial charge in [0.2, 0.25) is 5.91 Å². The molecule has 2 aromatic rings. The molecular weight excluding hydrogens is 268 g/mol. The molecule has 0 fully saturated rings. The Balaban J connectivity index is 1.95. The Bertz CT molecular complexity index is 668. The molecule has 0 saturated heterocycles. The molecule has 0 bridgehead atoms. The number of aromatic nitrogens is 1. The molecule has 0 aliphatic rings. The molecule has 0 saturated carbocycles. The van der Waals surface area contributed by atoms with E-state index in [-0.39, 0.29) is 11.6 Å². The number of benzene rings is 1. The van der Waals surface area contributed by atoms with Gasteiger partial charge in [-0.15, -0.1) is 0 Å². The number of rotatable bonds is 5. The Hall–Kier alpha value is -2.69. The van der Waals surface area contributed by atoms with E-state index in [1.54, 1.807) is 6.07 Å². The first-order chi connectivity index (χ1) is 10.1. The smallest absolute Gasteiger partial charge is 0.354 e. The normalized spacial score (nSPS) is 10.1. The van der Waals surface area contributed by atoms with Gasteiger partial charge in [0.1, 0.15) is 5.69 Å². The lowest BCUT2D eigenvalue weighted by Gasteiger charge is -2.07. The van der Waals surface area contributed by atoms with Crippen molar-refractivity contribution in [1.82, 2.24) is 4.98 Å². The fraction of sp³-hybridized carbons (Fsp3) is 0.188. The van der Waals surface area contributed by atoms with Crippen LogP contribution in [0.3, 0.4) is 0 Å². The minimum absolute atomic E-state index is 0.0910. The molecule has 0 spiro atoms. The third-order valence-electron chi connectivity index (χ3n) is 3.15. The molecule has 2 rings (SSSR count). The minimum atomic E-state index is -1.12. The molecule has 1 heterocycles. The van der Waals surface area contributed by atoms with Gasteiger partial charge < -0.3 is 10.4 Å². The van der Waals surface area contributed by atoms with Gasteiger partial charge in [0.05, 0.1) is 0 Å². The first-order valence-electron chi connectivity index (χ1n) is 6.60. The largest absolute Gasteiger partial charge is 0.477 e. The lowest BCUT2D eigenvalue weighted by molar-refractivity contribution is -0.116. The fourth-order valence-electron chi connectivity index (χ4n) is 1.99. The lowest BCUT2D eigenvalue weighted by atomic mass is 10.0. The predicted octanol–water partition coefficient (Wildman–Crippen LogP) is 2.66. The molecule has 21 heavy (non-hydrogen) atoms. The van der Waals surface area contributed by atoms with E-state index in [0.717, 1.165) is 11.1 Å². The summed E-state index contributed by atoms with van der Waals surface area (Å²) in [6.07, 6.45) is 2.35. The van der Waals surface area contributed by atoms with Gasteiger partial charge in [0.25, 0.3) is 0 Å². The van der Waals surface area contributed by atoms with Crippen molar-refractivity contribution < 1.29 is 14.7 Å². The topological polar surface area (TPSA) is 79.3 Å². The molecule has 108 valence electrons. The number of carbonyl (C=O) groups excluding carboxylic acids is 1. The zero-order valence-corrected chi connectivity index (χ0v) is 11.7. The monoisotopic (exact) mass is 284 g/mol. The molecule has 0 atom stereocenters. The van der Waals surface area contributed by atoms with Crippen molar-refractivity contribution in [2.75, 3.05) is 5.32 Å². The highest BCUT2D eigenvalue weighted by Gasteiger charge is 2.08. The van der Waals surface area contributed by atoms with Gasteiger partial charge in [-0.25, -0.2) is 9.78 Å². The Morgan fingerprint density at radius 2 is 2.00 bits per heavy atom. The maximum atomic E-state index is 11.9. The van der Waals surface area contributed by atoms with Crippen LogP contribution in [0.1, 0.15) is 28.0 Å². The molecular formula is C16H16N2O3. The summed E-state index contributed by atoms with van der Waals surface area (Å²) in [7, 11) is 0. The highest BCUT2D eigenvalue weighted by atomic mass is 16.4. The van der Waals surface area contributed by atoms with E-state index in [9.17, 15) is 9.59 Å². The van der Waals surface area contributed by atoms with Crippen LogP contribution in [-0.4, -0.2) is 22.0 Å². The number of pyridine rings is 1. The van der Waals surface area contributed by atoms with E-state index >= 15 is 0 Å². The maximum Gasteiger partial charge on any atom is 0.354 e. The number of carboxylic acid groups (broad SMARTS) is 1. The number of hydrogen-bond donors (Lipinski definition) is 2. The zero-order valence-electron chi connectivity index (χ0n) is 11.7. The van der Waals surface area contributed by atoms with Gasteiger partial charge >= 0.3 is 5.97 Å². The lowest BCUT2D eigenvalue weighted by Crippen LogP contribution is -2.13. The van der Waals surface area contributed by atoms with Crippen LogP contribution in [0.4, 0.5) is 5.69 Å². The van der Waals surface area contributed by atoms with Crippen LogP contribution in [0.15, 0.2) is 42.6 Å². The minimum Gasteiger partial charge on any atom is -0.477 e. The molecule has 0 radical (unpaired) electrons. The van der Waals surface area contributed by atoms with E-state index in [0.29, 0.717) is 18.5 Å². The Kier molecular flexibility index (Phi) is 4.66. The molecule has 0 unspecified atom stereocenters. The predicted molar refractivity (Wildman–Crippen MR) is 79.3 cm³/mol. The number of carbonyl (C=O) groups is 2. The average molecular weight is 284 g/mol. The Morgan fingerprint density at radius 1 is 1.24 bits per heavy atom. The molecule has 1 aromatic heterocycles. The number of nitrogens with one attached hydrogen (secondary N) is 1. The number of amides is 1. The number of hydrogen-bond acceptors (Lipinski definition) is 3. The first kappa shape index (κ1) is 14.7. The summed E-state index contributed by atoms with van der Waals surface area (Å²) < 4.78 is 0. The van der Waals surface area contributed by atoms with Crippen molar-refractivity contribution in [2.24, 2.45) is 0 Å². The third-order valence-corrected chi connectivity index (χ3v) is 3.15. The van der Waals surface area contributed by atoms with E-state index in [2.05, 4.69) is 10.3 Å². The molecule has 2 N–H and O–H groups in total. The second-order valence-corrected chi connectivity index (χ2v) is 4.71. The summed E-state index contributed by atoms with van der Waals surface area (Å²) in [5, 5.41) is 11.5. The van der Waals surface area contributed by atoms with Crippen molar-refractivity contribution in [2.45, 2.75) is 19.8 Å². The van der Waals surface area contributed by atoms with Gasteiger partial charge in [0, 0.05) is 18.3 Å². The average Bonchev–Trinajstić information content (AvgIpc) is 2.46. The van der Waals surface area contributed by atoms with Crippen molar-refractivity contribution in [3.05, 3.63) is 59.4 Å². The molecule has 5 heteroatoms. The van der Waals surface area contributed by atoms with Crippen molar-refractivity contribution >= 4 is 17.6 Å². The third kappa shape index (κ3) is 4.14. The maximum absolute atomic E-state index is 11.9. The number of carboxylic acids is 1. The zero-order chi connectivity index (χ0) is 15.2. The van der Waals surface area contributed by atoms with Gasteiger partial charge in [0.15, 0.2) is 0 Å². The summed E-state index contributed by atoms with van der Waals surface area (Å²) in [6, 6.07) is 10.8.